The molecule has 4 nitrogen and oxygen atoms in total. The number of nitrogens with zero attached hydrogens (tertiary/aromatic N) is 1. The molecular formula is C12H15NO3. The van der Waals surface area contributed by atoms with Crippen LogP contribution in [0.25, 0.3) is 0 Å². The molecule has 0 atom stereocenters. The number of carbonyl (C=O) groups is 1. The number of aromatic nitrogens is 1. The molecule has 0 saturated heterocycles. The number of hydrogen-bond acceptors (Lipinski definition) is 3. The summed E-state index contributed by atoms with van der Waals surface area (Å²) in [5, 5.41) is 0. The summed E-state index contributed by atoms with van der Waals surface area (Å²) >= 11 is 0. The Morgan fingerprint density at radius 2 is 2.31 bits per heavy atom. The summed E-state index contributed by atoms with van der Waals surface area (Å²) in [6.45, 7) is 2.11. The molecule has 1 heterocycles. The summed E-state index contributed by atoms with van der Waals surface area (Å²) in [6.07, 6.45) is 5.11. The van der Waals surface area contributed by atoms with Crippen LogP contribution < -0.4 is 5.56 Å². The minimum absolute atomic E-state index is 0.0454. The van der Waals surface area contributed by atoms with Crippen molar-refractivity contribution in [3.63, 3.8) is 0 Å². The van der Waals surface area contributed by atoms with E-state index in [1.54, 1.807) is 38.4 Å². The summed E-state index contributed by atoms with van der Waals surface area (Å²) in [7, 11) is 1.70. The van der Waals surface area contributed by atoms with Gasteiger partial charge in [-0.2, -0.15) is 0 Å². The molecule has 0 amide bonds. The van der Waals surface area contributed by atoms with Gasteiger partial charge in [0.15, 0.2) is 0 Å². The molecule has 0 bridgehead atoms. The van der Waals surface area contributed by atoms with Crippen molar-refractivity contribution in [2.75, 3.05) is 6.61 Å². The van der Waals surface area contributed by atoms with Gasteiger partial charge in [0, 0.05) is 24.9 Å². The fourth-order valence-electron chi connectivity index (χ4n) is 1.28. The van der Waals surface area contributed by atoms with Crippen LogP contribution in [0.2, 0.25) is 0 Å². The maximum atomic E-state index is 11.6. The van der Waals surface area contributed by atoms with Crippen molar-refractivity contribution in [2.24, 2.45) is 7.05 Å². The third kappa shape index (κ3) is 3.38. The first-order valence-electron chi connectivity index (χ1n) is 5.13. The van der Waals surface area contributed by atoms with E-state index in [1.807, 2.05) is 0 Å². The number of rotatable bonds is 4. The molecule has 1 rings (SSSR count). The summed E-state index contributed by atoms with van der Waals surface area (Å²) in [5.74, 6) is -0.379. The maximum Gasteiger partial charge on any atom is 0.330 e. The highest BCUT2D eigenvalue weighted by Gasteiger charge is 1.98. The lowest BCUT2D eigenvalue weighted by molar-refractivity contribution is -0.137. The molecule has 0 fully saturated rings. The second kappa shape index (κ2) is 5.90. The Morgan fingerprint density at radius 3 is 3.00 bits per heavy atom. The van der Waals surface area contributed by atoms with Gasteiger partial charge >= 0.3 is 5.97 Å². The first kappa shape index (κ1) is 12.2. The van der Waals surface area contributed by atoms with E-state index in [0.717, 1.165) is 0 Å². The Balaban J connectivity index is 2.65. The lowest BCUT2D eigenvalue weighted by atomic mass is 10.2. The fraction of sp³-hybridized carbons (Fsp3) is 0.333. The van der Waals surface area contributed by atoms with E-state index in [1.165, 1.54) is 10.6 Å². The maximum absolute atomic E-state index is 11.6. The number of aryl methyl sites for hydroxylation is 1. The van der Waals surface area contributed by atoms with Gasteiger partial charge in [-0.3, -0.25) is 4.79 Å². The highest BCUT2D eigenvalue weighted by Crippen LogP contribution is 1.94. The van der Waals surface area contributed by atoms with Crippen LogP contribution in [0.3, 0.4) is 0 Å². The second-order valence-corrected chi connectivity index (χ2v) is 3.31. The van der Waals surface area contributed by atoms with Crippen molar-refractivity contribution in [3.8, 4) is 0 Å². The van der Waals surface area contributed by atoms with Crippen LogP contribution in [0.15, 0.2) is 35.3 Å². The number of allylic oxidation sites excluding steroid dienone is 1. The standard InChI is InChI=1S/C12H15NO3/c1-3-16-11(14)8-4-6-10-7-5-9-13(2)12(10)15/h4-5,7-9H,3,6H2,1-2H3/b8-4+. The third-order valence-electron chi connectivity index (χ3n) is 2.08. The van der Waals surface area contributed by atoms with Crippen LogP contribution in [0.4, 0.5) is 0 Å². The molecule has 0 N–H and O–H groups in total. The van der Waals surface area contributed by atoms with Gasteiger partial charge in [-0.15, -0.1) is 0 Å². The first-order valence-corrected chi connectivity index (χ1v) is 5.13. The molecule has 1 aromatic rings. The molecule has 0 radical (unpaired) electrons. The molecule has 1 aromatic heterocycles. The Kier molecular flexibility index (Phi) is 4.51. The lowest BCUT2D eigenvalue weighted by Gasteiger charge is -1.99. The summed E-state index contributed by atoms with van der Waals surface area (Å²) < 4.78 is 6.23. The number of esters is 1. The molecule has 0 aromatic carbocycles. The highest BCUT2D eigenvalue weighted by molar-refractivity contribution is 5.81. The number of hydrogen-bond donors (Lipinski definition) is 0. The Morgan fingerprint density at radius 1 is 1.56 bits per heavy atom. The normalized spacial score (nSPS) is 10.6. The minimum atomic E-state index is -0.379. The zero-order chi connectivity index (χ0) is 12.0. The molecule has 0 aliphatic heterocycles. The molecular weight excluding hydrogens is 206 g/mol. The molecule has 0 aliphatic rings. The van der Waals surface area contributed by atoms with Crippen LogP contribution in [0.1, 0.15) is 12.5 Å². The summed E-state index contributed by atoms with van der Waals surface area (Å²) in [4.78, 5) is 22.6. The van der Waals surface area contributed by atoms with Crippen molar-refractivity contribution < 1.29 is 9.53 Å². The van der Waals surface area contributed by atoms with Gasteiger partial charge in [0.2, 0.25) is 0 Å². The third-order valence-corrected chi connectivity index (χ3v) is 2.08. The van der Waals surface area contributed by atoms with E-state index in [9.17, 15) is 9.59 Å². The summed E-state index contributed by atoms with van der Waals surface area (Å²) in [5.41, 5.74) is 0.613. The number of pyridine rings is 1. The molecule has 0 spiro atoms. The van der Waals surface area contributed by atoms with Crippen molar-refractivity contribution in [1.29, 1.82) is 0 Å². The van der Waals surface area contributed by atoms with Gasteiger partial charge in [-0.05, 0) is 19.4 Å². The van der Waals surface area contributed by atoms with Crippen LogP contribution in [-0.4, -0.2) is 17.1 Å². The van der Waals surface area contributed by atoms with Crippen molar-refractivity contribution in [3.05, 3.63) is 46.4 Å². The van der Waals surface area contributed by atoms with E-state index in [4.69, 9.17) is 4.74 Å². The van der Waals surface area contributed by atoms with Crippen LogP contribution in [0, 0.1) is 0 Å². The lowest BCUT2D eigenvalue weighted by Crippen LogP contribution is -2.19. The van der Waals surface area contributed by atoms with Gasteiger partial charge in [-0.25, -0.2) is 4.79 Å². The van der Waals surface area contributed by atoms with Crippen molar-refractivity contribution >= 4 is 5.97 Å². The van der Waals surface area contributed by atoms with Crippen LogP contribution in [-0.2, 0) is 23.0 Å². The quantitative estimate of drug-likeness (QED) is 0.564. The minimum Gasteiger partial charge on any atom is -0.463 e. The van der Waals surface area contributed by atoms with Crippen molar-refractivity contribution in [1.82, 2.24) is 4.57 Å². The summed E-state index contributed by atoms with van der Waals surface area (Å²) in [6, 6.07) is 3.55. The molecule has 0 aliphatic carbocycles. The van der Waals surface area contributed by atoms with E-state index in [0.29, 0.717) is 18.6 Å². The average Bonchev–Trinajstić information content (AvgIpc) is 2.25. The molecule has 16 heavy (non-hydrogen) atoms. The predicted octanol–water partition coefficient (Wildman–Crippen LogP) is 1.05. The smallest absolute Gasteiger partial charge is 0.330 e. The zero-order valence-corrected chi connectivity index (χ0v) is 9.47. The number of ether oxygens (including phenoxy) is 1. The SMILES string of the molecule is CCOC(=O)/C=C/Cc1cccn(C)c1=O. The van der Waals surface area contributed by atoms with Gasteiger partial charge in [0.1, 0.15) is 0 Å². The fourth-order valence-corrected chi connectivity index (χ4v) is 1.28. The van der Waals surface area contributed by atoms with Gasteiger partial charge in [-0.1, -0.05) is 12.1 Å². The first-order chi connectivity index (χ1) is 7.65. The molecule has 0 saturated carbocycles. The van der Waals surface area contributed by atoms with Gasteiger partial charge in [0.25, 0.3) is 5.56 Å². The predicted molar refractivity (Wildman–Crippen MR) is 61.2 cm³/mol. The molecule has 4 heteroatoms. The second-order valence-electron chi connectivity index (χ2n) is 3.31. The average molecular weight is 221 g/mol. The van der Waals surface area contributed by atoms with Crippen LogP contribution >= 0.6 is 0 Å². The Bertz CT molecular complexity index is 446. The number of carbonyl (C=O) groups excluding carboxylic acids is 1. The van der Waals surface area contributed by atoms with Gasteiger partial charge < -0.3 is 9.30 Å². The molecule has 0 unspecified atom stereocenters. The largest absolute Gasteiger partial charge is 0.463 e. The van der Waals surface area contributed by atoms with Gasteiger partial charge in [0.05, 0.1) is 6.61 Å². The van der Waals surface area contributed by atoms with Crippen LogP contribution in [0.5, 0.6) is 0 Å². The Hall–Kier alpha value is -1.84. The molecule has 86 valence electrons. The topological polar surface area (TPSA) is 48.3 Å². The monoisotopic (exact) mass is 221 g/mol. The highest BCUT2D eigenvalue weighted by atomic mass is 16.5. The van der Waals surface area contributed by atoms with E-state index in [-0.39, 0.29) is 11.5 Å². The Labute approximate surface area is 94.2 Å². The van der Waals surface area contributed by atoms with E-state index < -0.39 is 0 Å². The van der Waals surface area contributed by atoms with E-state index >= 15 is 0 Å². The van der Waals surface area contributed by atoms with Crippen molar-refractivity contribution in [2.45, 2.75) is 13.3 Å². The zero-order valence-electron chi connectivity index (χ0n) is 9.47. The van der Waals surface area contributed by atoms with E-state index in [2.05, 4.69) is 0 Å².